The maximum Gasteiger partial charge on any atom is 0.338 e. The van der Waals surface area contributed by atoms with E-state index in [9.17, 15) is 4.79 Å². The highest BCUT2D eigenvalue weighted by Crippen LogP contribution is 2.37. The quantitative estimate of drug-likeness (QED) is 0.368. The number of hydrogen-bond acceptors (Lipinski definition) is 7. The Kier molecular flexibility index (Phi) is 7.19. The molecule has 0 fully saturated rings. The zero-order chi connectivity index (χ0) is 20.8. The van der Waals surface area contributed by atoms with Gasteiger partial charge in [0.2, 0.25) is 11.1 Å². The number of nitrogens with zero attached hydrogens (tertiary/aromatic N) is 3. The molecule has 1 aromatic heterocycles. The predicted octanol–water partition coefficient (Wildman–Crippen LogP) is 4.42. The third-order valence-corrected chi connectivity index (χ3v) is 5.66. The van der Waals surface area contributed by atoms with Crippen molar-refractivity contribution < 1.29 is 14.3 Å². The van der Waals surface area contributed by atoms with Gasteiger partial charge in [0.1, 0.15) is 11.8 Å². The molecule has 1 aliphatic rings. The average molecular weight is 417 g/mol. The summed E-state index contributed by atoms with van der Waals surface area (Å²) < 4.78 is 12.4. The first-order valence-electron chi connectivity index (χ1n) is 9.97. The second-order valence-electron chi connectivity index (χ2n) is 6.78. The van der Waals surface area contributed by atoms with Crippen molar-refractivity contribution in [1.29, 1.82) is 0 Å². The highest BCUT2D eigenvalue weighted by Gasteiger charge is 2.35. The van der Waals surface area contributed by atoms with Crippen molar-refractivity contribution in [3.63, 3.8) is 0 Å². The Hall–Kier alpha value is -2.48. The fourth-order valence-corrected chi connectivity index (χ4v) is 4.10. The molecule has 0 aliphatic carbocycles. The highest BCUT2D eigenvalue weighted by atomic mass is 32.2. The molecule has 29 heavy (non-hydrogen) atoms. The number of nitrogens with one attached hydrogen (secondary N) is 1. The molecule has 1 aliphatic heterocycles. The Labute approximate surface area is 175 Å². The molecule has 1 aromatic carbocycles. The maximum absolute atomic E-state index is 12.8. The molecule has 1 atom stereocenters. The van der Waals surface area contributed by atoms with Crippen LogP contribution in [0.25, 0.3) is 0 Å². The van der Waals surface area contributed by atoms with Crippen LogP contribution >= 0.6 is 11.8 Å². The van der Waals surface area contributed by atoms with E-state index in [0.717, 1.165) is 29.2 Å². The van der Waals surface area contributed by atoms with Gasteiger partial charge in [-0.3, -0.25) is 0 Å². The van der Waals surface area contributed by atoms with Gasteiger partial charge in [-0.25, -0.2) is 9.48 Å². The zero-order valence-corrected chi connectivity index (χ0v) is 18.2. The van der Waals surface area contributed by atoms with E-state index in [0.29, 0.717) is 23.3 Å². The number of methoxy groups -OCH3 is 1. The number of rotatable bonds is 9. The first-order valence-corrected chi connectivity index (χ1v) is 11.0. The van der Waals surface area contributed by atoms with Crippen molar-refractivity contribution in [3.05, 3.63) is 41.1 Å². The lowest BCUT2D eigenvalue weighted by Gasteiger charge is -2.28. The van der Waals surface area contributed by atoms with Gasteiger partial charge in [0.15, 0.2) is 0 Å². The monoisotopic (exact) mass is 416 g/mol. The molecule has 1 N–H and O–H groups in total. The molecule has 0 unspecified atom stereocenters. The van der Waals surface area contributed by atoms with Crippen LogP contribution in [0.2, 0.25) is 0 Å². The lowest BCUT2D eigenvalue weighted by molar-refractivity contribution is -0.139. The Balaban J connectivity index is 1.97. The van der Waals surface area contributed by atoms with Crippen molar-refractivity contribution >= 4 is 23.7 Å². The van der Waals surface area contributed by atoms with E-state index < -0.39 is 6.04 Å². The molecular weight excluding hydrogens is 388 g/mol. The Morgan fingerprint density at radius 3 is 2.66 bits per heavy atom. The lowest BCUT2D eigenvalue weighted by Crippen LogP contribution is -2.29. The van der Waals surface area contributed by atoms with Crippen LogP contribution in [-0.4, -0.2) is 40.2 Å². The summed E-state index contributed by atoms with van der Waals surface area (Å²) in [5.74, 6) is 2.01. The fourth-order valence-electron chi connectivity index (χ4n) is 3.28. The molecular formula is C21H28N4O3S. The molecule has 0 amide bonds. The van der Waals surface area contributed by atoms with Crippen molar-refractivity contribution in [1.82, 2.24) is 14.8 Å². The van der Waals surface area contributed by atoms with Gasteiger partial charge < -0.3 is 14.8 Å². The van der Waals surface area contributed by atoms with Crippen LogP contribution in [0.15, 0.2) is 40.7 Å². The first-order chi connectivity index (χ1) is 14.1. The Bertz CT molecular complexity index is 877. The van der Waals surface area contributed by atoms with Gasteiger partial charge in [-0.15, -0.1) is 5.10 Å². The number of benzene rings is 1. The number of fused-ring (bicyclic) bond motifs is 1. The van der Waals surface area contributed by atoms with Crippen LogP contribution in [0, 0.1) is 0 Å². The lowest BCUT2D eigenvalue weighted by atomic mass is 9.96. The van der Waals surface area contributed by atoms with E-state index in [-0.39, 0.29) is 5.97 Å². The number of allylic oxidation sites excluding steroid dienone is 1. The van der Waals surface area contributed by atoms with Crippen LogP contribution in [0.5, 0.6) is 5.75 Å². The standard InChI is InChI=1S/C21H28N4O3S/c1-5-7-8-13-29-21-23-20-22-14(3)17(19(26)28-6-2)18(25(20)24-21)15-9-11-16(27-4)12-10-15/h9-12,18H,5-8,13H2,1-4H3,(H,22,23,24)/t18-/m0/s1. The minimum Gasteiger partial charge on any atom is -0.497 e. The number of unbranched alkanes of at least 4 members (excludes halogenated alkanes) is 2. The van der Waals surface area contributed by atoms with Gasteiger partial charge in [-0.2, -0.15) is 4.98 Å². The number of aromatic nitrogens is 3. The van der Waals surface area contributed by atoms with Crippen LogP contribution in [-0.2, 0) is 9.53 Å². The predicted molar refractivity (Wildman–Crippen MR) is 114 cm³/mol. The molecule has 0 saturated heterocycles. The number of carbonyl (C=O) groups is 1. The van der Waals surface area contributed by atoms with E-state index in [1.807, 2.05) is 31.2 Å². The van der Waals surface area contributed by atoms with Gasteiger partial charge in [-0.1, -0.05) is 43.7 Å². The number of anilines is 1. The summed E-state index contributed by atoms with van der Waals surface area (Å²) in [4.78, 5) is 17.4. The Morgan fingerprint density at radius 2 is 2.00 bits per heavy atom. The third-order valence-electron chi connectivity index (χ3n) is 4.74. The van der Waals surface area contributed by atoms with E-state index in [2.05, 4.69) is 17.2 Å². The van der Waals surface area contributed by atoms with Crippen LogP contribution in [0.1, 0.15) is 51.6 Å². The zero-order valence-electron chi connectivity index (χ0n) is 17.4. The van der Waals surface area contributed by atoms with Crippen LogP contribution < -0.4 is 10.1 Å². The van der Waals surface area contributed by atoms with E-state index in [1.165, 1.54) is 12.8 Å². The van der Waals surface area contributed by atoms with Crippen molar-refractivity contribution in [2.75, 3.05) is 24.8 Å². The molecule has 2 aromatic rings. The normalized spacial score (nSPS) is 15.7. The number of ether oxygens (including phenoxy) is 2. The molecule has 3 rings (SSSR count). The minimum atomic E-state index is -0.409. The summed E-state index contributed by atoms with van der Waals surface area (Å²) in [6, 6.07) is 7.24. The summed E-state index contributed by atoms with van der Waals surface area (Å²) >= 11 is 1.64. The topological polar surface area (TPSA) is 78.3 Å². The summed E-state index contributed by atoms with van der Waals surface area (Å²) in [6.07, 6.45) is 3.51. The number of esters is 1. The van der Waals surface area contributed by atoms with Gasteiger partial charge >= 0.3 is 5.97 Å². The summed E-state index contributed by atoms with van der Waals surface area (Å²) in [5, 5.41) is 8.64. The second-order valence-corrected chi connectivity index (χ2v) is 7.84. The first kappa shape index (κ1) is 21.2. The van der Waals surface area contributed by atoms with E-state index in [4.69, 9.17) is 14.6 Å². The van der Waals surface area contributed by atoms with Crippen molar-refractivity contribution in [2.45, 2.75) is 51.2 Å². The van der Waals surface area contributed by atoms with E-state index in [1.54, 1.807) is 30.5 Å². The fraction of sp³-hybridized carbons (Fsp3) is 0.476. The molecule has 2 heterocycles. The number of thioether (sulfide) groups is 1. The van der Waals surface area contributed by atoms with Crippen LogP contribution in [0.4, 0.5) is 5.95 Å². The molecule has 0 spiro atoms. The van der Waals surface area contributed by atoms with Crippen molar-refractivity contribution in [3.8, 4) is 5.75 Å². The summed E-state index contributed by atoms with van der Waals surface area (Å²) in [7, 11) is 1.63. The summed E-state index contributed by atoms with van der Waals surface area (Å²) in [6.45, 7) is 6.17. The highest BCUT2D eigenvalue weighted by molar-refractivity contribution is 7.99. The van der Waals surface area contributed by atoms with E-state index >= 15 is 0 Å². The maximum atomic E-state index is 12.8. The van der Waals surface area contributed by atoms with Crippen LogP contribution in [0.3, 0.4) is 0 Å². The summed E-state index contributed by atoms with van der Waals surface area (Å²) in [5.41, 5.74) is 2.19. The molecule has 7 nitrogen and oxygen atoms in total. The van der Waals surface area contributed by atoms with Gasteiger partial charge in [0.05, 0.1) is 19.3 Å². The van der Waals surface area contributed by atoms with Gasteiger partial charge in [0.25, 0.3) is 0 Å². The number of carbonyl (C=O) groups excluding carboxylic acids is 1. The molecule has 0 radical (unpaired) electrons. The molecule has 0 bridgehead atoms. The van der Waals surface area contributed by atoms with Gasteiger partial charge in [-0.05, 0) is 38.0 Å². The molecule has 8 heteroatoms. The van der Waals surface area contributed by atoms with Gasteiger partial charge in [0, 0.05) is 11.4 Å². The third kappa shape index (κ3) is 4.75. The largest absolute Gasteiger partial charge is 0.497 e. The smallest absolute Gasteiger partial charge is 0.338 e. The average Bonchev–Trinajstić information content (AvgIpc) is 3.12. The molecule has 156 valence electrons. The SMILES string of the molecule is CCCCCSc1nc2n(n1)[C@@H](c1ccc(OC)cc1)C(C(=O)OCC)=C(C)N2. The Morgan fingerprint density at radius 1 is 1.24 bits per heavy atom. The number of hydrogen-bond donors (Lipinski definition) is 1. The minimum absolute atomic E-state index is 0.313. The van der Waals surface area contributed by atoms with Crippen molar-refractivity contribution in [2.24, 2.45) is 0 Å². The second kappa shape index (κ2) is 9.82. The molecule has 0 saturated carbocycles.